The zero-order chi connectivity index (χ0) is 14.9. The second-order valence-corrected chi connectivity index (χ2v) is 6.06. The van der Waals surface area contributed by atoms with E-state index in [4.69, 9.17) is 9.15 Å². The maximum absolute atomic E-state index is 11.4. The summed E-state index contributed by atoms with van der Waals surface area (Å²) in [6.45, 7) is 5.83. The number of methoxy groups -OCH3 is 1. The van der Waals surface area contributed by atoms with E-state index in [1.807, 2.05) is 32.9 Å². The van der Waals surface area contributed by atoms with Crippen molar-refractivity contribution in [2.75, 3.05) is 7.11 Å². The van der Waals surface area contributed by atoms with Gasteiger partial charge in [0.2, 0.25) is 5.84 Å². The minimum absolute atomic E-state index is 0.0427. The van der Waals surface area contributed by atoms with Gasteiger partial charge in [-0.05, 0) is 25.0 Å². The second kappa shape index (κ2) is 5.28. The zero-order valence-electron chi connectivity index (χ0n) is 11.7. The van der Waals surface area contributed by atoms with E-state index in [0.717, 1.165) is 5.76 Å². The van der Waals surface area contributed by atoms with Crippen LogP contribution in [0.25, 0.3) is 0 Å². The topological polar surface area (TPSA) is 93.3 Å². The minimum Gasteiger partial charge on any atom is -0.478 e. The van der Waals surface area contributed by atoms with E-state index in [0.29, 0.717) is 5.76 Å². The van der Waals surface area contributed by atoms with Gasteiger partial charge in [0.25, 0.3) is 5.90 Å². The Kier molecular flexibility index (Phi) is 3.85. The maximum atomic E-state index is 11.4. The van der Waals surface area contributed by atoms with Gasteiger partial charge < -0.3 is 14.5 Å². The minimum atomic E-state index is -3.85. The highest BCUT2D eigenvalue weighted by Crippen LogP contribution is 2.24. The van der Waals surface area contributed by atoms with Gasteiger partial charge in [-0.2, -0.15) is 8.42 Å². The normalized spacial score (nSPS) is 18.6. The molecule has 0 bridgehead atoms. The predicted molar refractivity (Wildman–Crippen MR) is 75.0 cm³/mol. The molecule has 1 N–H and O–H groups in total. The van der Waals surface area contributed by atoms with Crippen molar-refractivity contribution in [2.24, 2.45) is 14.7 Å². The smallest absolute Gasteiger partial charge is 0.368 e. The number of rotatable bonds is 3. The molecule has 1 aromatic rings. The van der Waals surface area contributed by atoms with E-state index >= 15 is 0 Å². The summed E-state index contributed by atoms with van der Waals surface area (Å²) in [5, 5.41) is 3.02. The van der Waals surface area contributed by atoms with Crippen molar-refractivity contribution in [3.05, 3.63) is 23.7 Å². The van der Waals surface area contributed by atoms with Crippen molar-refractivity contribution in [1.29, 1.82) is 0 Å². The van der Waals surface area contributed by atoms with Gasteiger partial charge in [-0.25, -0.2) is 0 Å². The summed E-state index contributed by atoms with van der Waals surface area (Å²) in [7, 11) is -2.50. The first-order chi connectivity index (χ1) is 9.32. The Bertz CT molecular complexity index is 658. The zero-order valence-corrected chi connectivity index (χ0v) is 12.6. The lowest BCUT2D eigenvalue weighted by Gasteiger charge is -2.21. The Hall–Kier alpha value is -1.83. The lowest BCUT2D eigenvalue weighted by Crippen LogP contribution is -2.36. The molecule has 0 saturated carbocycles. The lowest BCUT2D eigenvalue weighted by molar-refractivity contribution is 0.365. The molecule has 1 aliphatic rings. The number of hydrogen-bond donors (Lipinski definition) is 1. The van der Waals surface area contributed by atoms with Crippen molar-refractivity contribution >= 4 is 21.9 Å². The molecule has 0 radical (unpaired) electrons. The highest BCUT2D eigenvalue weighted by atomic mass is 32.2. The van der Waals surface area contributed by atoms with E-state index in [2.05, 4.69) is 14.1 Å². The Labute approximate surface area is 117 Å². The van der Waals surface area contributed by atoms with Gasteiger partial charge in [0.1, 0.15) is 11.5 Å². The SMILES string of the molecule is COC1=NS(=O)(=O)N=C1N[C@@H](c1ccc(C)o1)C(C)C. The Morgan fingerprint density at radius 2 is 2.00 bits per heavy atom. The predicted octanol–water partition coefficient (Wildman–Crippen LogP) is 1.58. The maximum Gasteiger partial charge on any atom is 0.368 e. The molecular weight excluding hydrogens is 282 g/mol. The fourth-order valence-electron chi connectivity index (χ4n) is 1.88. The molecule has 1 aromatic heterocycles. The Morgan fingerprint density at radius 3 is 2.50 bits per heavy atom. The molecule has 1 aliphatic heterocycles. The molecule has 2 rings (SSSR count). The fraction of sp³-hybridized carbons (Fsp3) is 0.500. The number of amidine groups is 1. The molecule has 20 heavy (non-hydrogen) atoms. The third-order valence-corrected chi connectivity index (χ3v) is 3.64. The molecule has 110 valence electrons. The van der Waals surface area contributed by atoms with Crippen LogP contribution in [0, 0.1) is 12.8 Å². The van der Waals surface area contributed by atoms with Gasteiger partial charge in [-0.15, -0.1) is 8.80 Å². The van der Waals surface area contributed by atoms with Crippen LogP contribution in [0.5, 0.6) is 0 Å². The first-order valence-corrected chi connectivity index (χ1v) is 7.54. The summed E-state index contributed by atoms with van der Waals surface area (Å²) in [6.07, 6.45) is 0. The highest BCUT2D eigenvalue weighted by molar-refractivity contribution is 7.89. The summed E-state index contributed by atoms with van der Waals surface area (Å²) in [4.78, 5) is 0. The quantitative estimate of drug-likeness (QED) is 0.914. The van der Waals surface area contributed by atoms with Crippen LogP contribution >= 0.6 is 0 Å². The molecule has 8 heteroatoms. The van der Waals surface area contributed by atoms with E-state index in [1.165, 1.54) is 7.11 Å². The van der Waals surface area contributed by atoms with E-state index < -0.39 is 10.2 Å². The van der Waals surface area contributed by atoms with Crippen molar-refractivity contribution in [3.8, 4) is 0 Å². The van der Waals surface area contributed by atoms with Crippen molar-refractivity contribution in [1.82, 2.24) is 5.32 Å². The van der Waals surface area contributed by atoms with Crippen LogP contribution in [0.15, 0.2) is 25.3 Å². The van der Waals surface area contributed by atoms with Crippen LogP contribution in [0.2, 0.25) is 0 Å². The van der Waals surface area contributed by atoms with E-state index in [9.17, 15) is 8.42 Å². The van der Waals surface area contributed by atoms with Crippen LogP contribution < -0.4 is 5.32 Å². The van der Waals surface area contributed by atoms with E-state index in [-0.39, 0.29) is 23.7 Å². The first-order valence-electron chi connectivity index (χ1n) is 6.14. The third-order valence-electron chi connectivity index (χ3n) is 2.83. The number of hydrogen-bond acceptors (Lipinski definition) is 5. The van der Waals surface area contributed by atoms with Gasteiger partial charge in [-0.1, -0.05) is 13.8 Å². The van der Waals surface area contributed by atoms with Gasteiger partial charge in [0.15, 0.2) is 0 Å². The van der Waals surface area contributed by atoms with Crippen LogP contribution in [0.3, 0.4) is 0 Å². The molecule has 0 spiro atoms. The monoisotopic (exact) mass is 299 g/mol. The number of aryl methyl sites for hydroxylation is 1. The molecule has 2 heterocycles. The molecule has 1 atom stereocenters. The van der Waals surface area contributed by atoms with Crippen LogP contribution in [-0.2, 0) is 14.9 Å². The number of nitrogens with one attached hydrogen (secondary N) is 1. The van der Waals surface area contributed by atoms with Crippen molar-refractivity contribution < 1.29 is 17.6 Å². The number of furan rings is 1. The molecule has 0 aromatic carbocycles. The summed E-state index contributed by atoms with van der Waals surface area (Å²) in [5.41, 5.74) is 0. The van der Waals surface area contributed by atoms with Crippen molar-refractivity contribution in [2.45, 2.75) is 26.8 Å². The van der Waals surface area contributed by atoms with Crippen LogP contribution in [0.4, 0.5) is 0 Å². The Balaban J connectivity index is 2.29. The highest BCUT2D eigenvalue weighted by Gasteiger charge is 2.29. The molecular formula is C12H17N3O4S. The van der Waals surface area contributed by atoms with Gasteiger partial charge >= 0.3 is 10.2 Å². The Morgan fingerprint density at radius 1 is 1.30 bits per heavy atom. The largest absolute Gasteiger partial charge is 0.478 e. The standard InChI is InChI=1S/C12H17N3O4S/c1-7(2)10(9-6-5-8(3)19-9)13-11-12(18-4)15-20(16,17)14-11/h5-7,10H,1-4H3,(H,13,14)/t10-/m1/s1. The fourth-order valence-corrected chi connectivity index (χ4v) is 2.65. The van der Waals surface area contributed by atoms with Gasteiger partial charge in [0, 0.05) is 0 Å². The molecule has 0 aliphatic carbocycles. The second-order valence-electron chi connectivity index (χ2n) is 4.80. The van der Waals surface area contributed by atoms with Crippen molar-refractivity contribution in [3.63, 3.8) is 0 Å². The summed E-state index contributed by atoms with van der Waals surface area (Å²) < 4.78 is 40.2. The lowest BCUT2D eigenvalue weighted by atomic mass is 10.0. The average Bonchev–Trinajstić information content (AvgIpc) is 2.89. The van der Waals surface area contributed by atoms with Crippen LogP contribution in [0.1, 0.15) is 31.4 Å². The summed E-state index contributed by atoms with van der Waals surface area (Å²) >= 11 is 0. The number of nitrogens with zero attached hydrogens (tertiary/aromatic N) is 2. The molecule has 0 unspecified atom stereocenters. The molecule has 0 amide bonds. The molecule has 0 fully saturated rings. The molecule has 0 saturated heterocycles. The number of ether oxygens (including phenoxy) is 1. The summed E-state index contributed by atoms with van der Waals surface area (Å²) in [6, 6.07) is 3.47. The first kappa shape index (κ1) is 14.6. The van der Waals surface area contributed by atoms with Gasteiger partial charge in [0.05, 0.1) is 13.2 Å². The van der Waals surface area contributed by atoms with E-state index in [1.54, 1.807) is 0 Å². The summed E-state index contributed by atoms with van der Waals surface area (Å²) in [5.74, 6) is 1.71. The van der Waals surface area contributed by atoms with Crippen LogP contribution in [-0.4, -0.2) is 27.3 Å². The van der Waals surface area contributed by atoms with Gasteiger partial charge in [-0.3, -0.25) is 0 Å². The third kappa shape index (κ3) is 3.01. The average molecular weight is 299 g/mol. The molecule has 7 nitrogen and oxygen atoms in total.